The molecule has 3 heteroatoms. The highest BCUT2D eigenvalue weighted by molar-refractivity contribution is 7.97. The molecule has 3 fully saturated rings. The number of carbonyl (C=O) groups is 1. The van der Waals surface area contributed by atoms with Gasteiger partial charge in [0.1, 0.15) is 0 Å². The maximum atomic E-state index is 8.89. The molecular weight excluding hydrogens is 520 g/mol. The zero-order chi connectivity index (χ0) is 28.4. The Labute approximate surface area is 251 Å². The van der Waals surface area contributed by atoms with Gasteiger partial charge in [0, 0.05) is 5.97 Å². The highest BCUT2D eigenvalue weighted by Gasteiger charge is 2.30. The largest absolute Gasteiger partial charge is 0.550 e. The number of carboxylic acid groups (broad SMARTS) is 1. The molecule has 0 aliphatic heterocycles. The van der Waals surface area contributed by atoms with Gasteiger partial charge in [0.05, 0.1) is 10.9 Å². The van der Waals surface area contributed by atoms with Crippen LogP contribution in [0.4, 0.5) is 0 Å². The summed E-state index contributed by atoms with van der Waals surface area (Å²) in [6, 6.07) is 29.5. The Morgan fingerprint density at radius 1 is 0.488 bits per heavy atom. The fourth-order valence-corrected chi connectivity index (χ4v) is 9.39. The van der Waals surface area contributed by atoms with Gasteiger partial charge in [0.25, 0.3) is 0 Å². The molecule has 0 unspecified atom stereocenters. The summed E-state index contributed by atoms with van der Waals surface area (Å²) in [5.74, 6) is 1.23. The minimum atomic E-state index is -1.08. The molecule has 0 atom stereocenters. The van der Waals surface area contributed by atoms with E-state index in [0.29, 0.717) is 0 Å². The average molecular weight is 569 g/mol. The Morgan fingerprint density at radius 2 is 0.707 bits per heavy atom. The second-order valence-electron chi connectivity index (χ2n) is 12.5. The van der Waals surface area contributed by atoms with Crippen molar-refractivity contribution in [2.75, 3.05) is 0 Å². The monoisotopic (exact) mass is 568 g/mol. The van der Waals surface area contributed by atoms with Crippen molar-refractivity contribution in [3.8, 4) is 0 Å². The van der Waals surface area contributed by atoms with Crippen molar-refractivity contribution in [3.05, 3.63) is 89.5 Å². The van der Waals surface area contributed by atoms with E-state index in [9.17, 15) is 0 Å². The normalized spacial score (nSPS) is 19.0. The van der Waals surface area contributed by atoms with Crippen LogP contribution >= 0.6 is 0 Å². The minimum absolute atomic E-state index is 0.0542. The SMILES string of the molecule is CC(=O)[O-].c1cc([S+](c2ccc(C3CCCCC3)cc2)c2ccc(C3CCCCC3)cc2)ccc1C1CCCCC1. The first kappa shape index (κ1) is 30.0. The number of aliphatic carboxylic acids is 1. The van der Waals surface area contributed by atoms with Crippen LogP contribution in [-0.4, -0.2) is 5.97 Å². The van der Waals surface area contributed by atoms with Crippen molar-refractivity contribution < 1.29 is 9.90 Å². The zero-order valence-corrected chi connectivity index (χ0v) is 25.8. The molecule has 3 aliphatic rings. The van der Waals surface area contributed by atoms with Crippen LogP contribution in [0.25, 0.3) is 0 Å². The fourth-order valence-electron chi connectivity index (χ4n) is 7.34. The molecule has 0 amide bonds. The van der Waals surface area contributed by atoms with Gasteiger partial charge in [-0.05, 0) is 116 Å². The number of benzene rings is 3. The molecule has 6 rings (SSSR count). The van der Waals surface area contributed by atoms with Crippen LogP contribution in [0.5, 0.6) is 0 Å². The lowest BCUT2D eigenvalue weighted by molar-refractivity contribution is -0.302. The summed E-state index contributed by atoms with van der Waals surface area (Å²) in [7, 11) is -0.0542. The summed E-state index contributed by atoms with van der Waals surface area (Å²) in [6.45, 7) is 0.972. The van der Waals surface area contributed by atoms with Crippen LogP contribution in [0.3, 0.4) is 0 Å². The zero-order valence-electron chi connectivity index (χ0n) is 25.0. The van der Waals surface area contributed by atoms with Gasteiger partial charge in [-0.2, -0.15) is 0 Å². The standard InChI is InChI=1S/C36H45S.C2H4O2/c1-4-10-28(11-5-1)31-16-22-34(23-17-31)37(35-24-18-32(19-25-35)29-12-6-2-7-13-29)36-26-20-33(21-27-36)30-14-8-3-9-15-30;1-2(3)4/h16-30H,1-15H2;1H3,(H,3,4)/q+1;/p-1. The van der Waals surface area contributed by atoms with Crippen LogP contribution in [-0.2, 0) is 15.7 Å². The summed E-state index contributed by atoms with van der Waals surface area (Å²) in [6.07, 6.45) is 20.9. The molecule has 0 radical (unpaired) electrons. The van der Waals surface area contributed by atoms with Gasteiger partial charge in [-0.3, -0.25) is 0 Å². The minimum Gasteiger partial charge on any atom is -0.550 e. The third kappa shape index (κ3) is 8.28. The lowest BCUT2D eigenvalue weighted by atomic mass is 9.84. The molecule has 41 heavy (non-hydrogen) atoms. The summed E-state index contributed by atoms with van der Waals surface area (Å²) < 4.78 is 0. The second-order valence-corrected chi connectivity index (χ2v) is 14.5. The molecule has 0 spiro atoms. The molecule has 3 aliphatic carbocycles. The molecule has 0 heterocycles. The molecule has 0 saturated heterocycles. The Balaban J connectivity index is 0.000000794. The predicted molar refractivity (Wildman–Crippen MR) is 170 cm³/mol. The van der Waals surface area contributed by atoms with Gasteiger partial charge in [-0.25, -0.2) is 0 Å². The van der Waals surface area contributed by atoms with Crippen LogP contribution in [0, 0.1) is 0 Å². The van der Waals surface area contributed by atoms with E-state index >= 15 is 0 Å². The van der Waals surface area contributed by atoms with Gasteiger partial charge < -0.3 is 9.90 Å². The molecule has 3 saturated carbocycles. The third-order valence-corrected chi connectivity index (χ3v) is 11.8. The number of carbonyl (C=O) groups excluding carboxylic acids is 1. The molecule has 0 N–H and O–H groups in total. The van der Waals surface area contributed by atoms with Crippen molar-refractivity contribution in [2.45, 2.75) is 136 Å². The van der Waals surface area contributed by atoms with E-state index in [4.69, 9.17) is 9.90 Å². The van der Waals surface area contributed by atoms with Crippen LogP contribution < -0.4 is 5.11 Å². The fraction of sp³-hybridized carbons (Fsp3) is 0.500. The van der Waals surface area contributed by atoms with Crippen molar-refractivity contribution in [1.29, 1.82) is 0 Å². The molecule has 218 valence electrons. The Bertz CT molecular complexity index is 1050. The first-order valence-corrected chi connectivity index (χ1v) is 17.5. The Kier molecular flexibility index (Phi) is 11.0. The van der Waals surface area contributed by atoms with Crippen molar-refractivity contribution in [1.82, 2.24) is 0 Å². The molecule has 0 bridgehead atoms. The molecule has 3 aromatic carbocycles. The lowest BCUT2D eigenvalue weighted by Crippen LogP contribution is -2.16. The summed E-state index contributed by atoms with van der Waals surface area (Å²) in [5, 5.41) is 8.89. The van der Waals surface area contributed by atoms with Crippen molar-refractivity contribution >= 4 is 16.9 Å². The van der Waals surface area contributed by atoms with E-state index in [0.717, 1.165) is 24.7 Å². The van der Waals surface area contributed by atoms with E-state index in [2.05, 4.69) is 72.8 Å². The Morgan fingerprint density at radius 3 is 0.927 bits per heavy atom. The number of carboxylic acids is 1. The topological polar surface area (TPSA) is 40.1 Å². The van der Waals surface area contributed by atoms with Gasteiger partial charge in [0.15, 0.2) is 14.7 Å². The van der Waals surface area contributed by atoms with Gasteiger partial charge in [-0.15, -0.1) is 0 Å². The summed E-state index contributed by atoms with van der Waals surface area (Å²) >= 11 is 0. The van der Waals surface area contributed by atoms with Crippen molar-refractivity contribution in [2.24, 2.45) is 0 Å². The van der Waals surface area contributed by atoms with Gasteiger partial charge in [-0.1, -0.05) is 94.2 Å². The Hall–Kier alpha value is -2.52. The maximum Gasteiger partial charge on any atom is 0.166 e. The molecule has 0 aromatic heterocycles. The average Bonchev–Trinajstić information content (AvgIpc) is 3.03. The van der Waals surface area contributed by atoms with Crippen LogP contribution in [0.15, 0.2) is 87.5 Å². The highest BCUT2D eigenvalue weighted by atomic mass is 32.2. The van der Waals surface area contributed by atoms with Crippen LogP contribution in [0.2, 0.25) is 0 Å². The van der Waals surface area contributed by atoms with E-state index in [1.807, 2.05) is 0 Å². The van der Waals surface area contributed by atoms with Gasteiger partial charge >= 0.3 is 0 Å². The first-order chi connectivity index (χ1) is 20.1. The second kappa shape index (κ2) is 15.1. The van der Waals surface area contributed by atoms with E-state index in [-0.39, 0.29) is 10.9 Å². The summed E-state index contributed by atoms with van der Waals surface area (Å²) in [4.78, 5) is 13.3. The molecule has 2 nitrogen and oxygen atoms in total. The molecular formula is C38H48O2S. The number of hydrogen-bond acceptors (Lipinski definition) is 2. The quantitative estimate of drug-likeness (QED) is 0.278. The number of rotatable bonds is 6. The van der Waals surface area contributed by atoms with Crippen molar-refractivity contribution in [3.63, 3.8) is 0 Å². The first-order valence-electron chi connectivity index (χ1n) is 16.3. The van der Waals surface area contributed by atoms with E-state index in [1.165, 1.54) is 111 Å². The summed E-state index contributed by atoms with van der Waals surface area (Å²) in [5.41, 5.74) is 4.69. The number of hydrogen-bond donors (Lipinski definition) is 0. The van der Waals surface area contributed by atoms with Gasteiger partial charge in [0.2, 0.25) is 0 Å². The highest BCUT2D eigenvalue weighted by Crippen LogP contribution is 2.39. The van der Waals surface area contributed by atoms with E-state index in [1.54, 1.807) is 16.7 Å². The lowest BCUT2D eigenvalue weighted by Gasteiger charge is -2.23. The molecule has 3 aromatic rings. The third-order valence-electron chi connectivity index (χ3n) is 9.58. The maximum absolute atomic E-state index is 8.89. The smallest absolute Gasteiger partial charge is 0.166 e. The predicted octanol–water partition coefficient (Wildman–Crippen LogP) is 9.68. The van der Waals surface area contributed by atoms with Crippen LogP contribution in [0.1, 0.15) is 138 Å². The van der Waals surface area contributed by atoms with E-state index < -0.39 is 5.97 Å².